The Morgan fingerprint density at radius 3 is 2.50 bits per heavy atom. The number of benzene rings is 2. The van der Waals surface area contributed by atoms with Crippen LogP contribution >= 0.6 is 0 Å². The van der Waals surface area contributed by atoms with Gasteiger partial charge in [0.05, 0.1) is 6.61 Å². The molecule has 0 aliphatic carbocycles. The first-order chi connectivity index (χ1) is 8.83. The van der Waals surface area contributed by atoms with Gasteiger partial charge in [0.25, 0.3) is 0 Å². The molecule has 96 valence electrons. The maximum absolute atomic E-state index is 5.96. The SMILES string of the molecule is CCCCCCOc1ccc(N)c2ccccc12. The smallest absolute Gasteiger partial charge is 0.127 e. The number of rotatable bonds is 6. The Hall–Kier alpha value is -1.70. The van der Waals surface area contributed by atoms with E-state index in [0.29, 0.717) is 0 Å². The highest BCUT2D eigenvalue weighted by Gasteiger charge is 2.04. The number of nitrogens with two attached hydrogens (primary N) is 1. The normalized spacial score (nSPS) is 10.7. The van der Waals surface area contributed by atoms with Crippen molar-refractivity contribution in [2.24, 2.45) is 0 Å². The zero-order chi connectivity index (χ0) is 12.8. The van der Waals surface area contributed by atoms with Crippen molar-refractivity contribution in [1.29, 1.82) is 0 Å². The van der Waals surface area contributed by atoms with Gasteiger partial charge in [0.15, 0.2) is 0 Å². The van der Waals surface area contributed by atoms with Crippen LogP contribution in [0.15, 0.2) is 36.4 Å². The quantitative estimate of drug-likeness (QED) is 0.603. The minimum Gasteiger partial charge on any atom is -0.493 e. The maximum atomic E-state index is 5.96. The van der Waals surface area contributed by atoms with E-state index in [1.165, 1.54) is 19.3 Å². The van der Waals surface area contributed by atoms with Gasteiger partial charge < -0.3 is 10.5 Å². The van der Waals surface area contributed by atoms with E-state index in [4.69, 9.17) is 10.5 Å². The fraction of sp³-hybridized carbons (Fsp3) is 0.375. The number of fused-ring (bicyclic) bond motifs is 1. The van der Waals surface area contributed by atoms with Crippen molar-refractivity contribution < 1.29 is 4.74 Å². The van der Waals surface area contributed by atoms with Crippen LogP contribution in [-0.4, -0.2) is 6.61 Å². The first-order valence-electron chi connectivity index (χ1n) is 6.73. The van der Waals surface area contributed by atoms with E-state index in [2.05, 4.69) is 13.0 Å². The van der Waals surface area contributed by atoms with Crippen LogP contribution in [-0.2, 0) is 0 Å². The van der Waals surface area contributed by atoms with Crippen molar-refractivity contribution in [2.75, 3.05) is 12.3 Å². The highest BCUT2D eigenvalue weighted by atomic mass is 16.5. The summed E-state index contributed by atoms with van der Waals surface area (Å²) in [6.45, 7) is 3.00. The number of unbranched alkanes of at least 4 members (excludes halogenated alkanes) is 3. The topological polar surface area (TPSA) is 35.2 Å². The van der Waals surface area contributed by atoms with Crippen molar-refractivity contribution in [2.45, 2.75) is 32.6 Å². The molecular formula is C16H21NO. The van der Waals surface area contributed by atoms with E-state index >= 15 is 0 Å². The van der Waals surface area contributed by atoms with Crippen LogP contribution in [0.1, 0.15) is 32.6 Å². The standard InChI is InChI=1S/C16H21NO/c1-2-3-4-7-12-18-16-11-10-15(17)13-8-5-6-9-14(13)16/h5-6,8-11H,2-4,7,12,17H2,1H3. The summed E-state index contributed by atoms with van der Waals surface area (Å²) in [6.07, 6.45) is 4.90. The van der Waals surface area contributed by atoms with Gasteiger partial charge in [0, 0.05) is 16.5 Å². The molecule has 0 radical (unpaired) electrons. The predicted molar refractivity (Wildman–Crippen MR) is 78.0 cm³/mol. The number of hydrogen-bond donors (Lipinski definition) is 1. The molecule has 0 amide bonds. The molecule has 0 heterocycles. The average Bonchev–Trinajstić information content (AvgIpc) is 2.41. The third kappa shape index (κ3) is 2.95. The molecule has 0 spiro atoms. The summed E-state index contributed by atoms with van der Waals surface area (Å²) < 4.78 is 5.87. The molecule has 0 aromatic heterocycles. The van der Waals surface area contributed by atoms with Crippen molar-refractivity contribution in [3.8, 4) is 5.75 Å². The van der Waals surface area contributed by atoms with Crippen LogP contribution in [0, 0.1) is 0 Å². The lowest BCUT2D eigenvalue weighted by Gasteiger charge is -2.10. The Bertz CT molecular complexity index is 507. The van der Waals surface area contributed by atoms with Crippen LogP contribution in [0.25, 0.3) is 10.8 Å². The molecule has 2 N–H and O–H groups in total. The third-order valence-electron chi connectivity index (χ3n) is 3.17. The van der Waals surface area contributed by atoms with Crippen LogP contribution in [0.2, 0.25) is 0 Å². The predicted octanol–water partition coefficient (Wildman–Crippen LogP) is 4.38. The van der Waals surface area contributed by atoms with Gasteiger partial charge in [-0.3, -0.25) is 0 Å². The van der Waals surface area contributed by atoms with Crippen LogP contribution in [0.4, 0.5) is 5.69 Å². The van der Waals surface area contributed by atoms with Gasteiger partial charge in [-0.1, -0.05) is 50.5 Å². The second kappa shape index (κ2) is 6.29. The largest absolute Gasteiger partial charge is 0.493 e. The minimum atomic E-state index is 0.786. The van der Waals surface area contributed by atoms with Gasteiger partial charge in [-0.05, 0) is 18.6 Å². The monoisotopic (exact) mass is 243 g/mol. The molecule has 0 aliphatic heterocycles. The first-order valence-corrected chi connectivity index (χ1v) is 6.73. The first kappa shape index (κ1) is 12.7. The average molecular weight is 243 g/mol. The summed E-state index contributed by atoms with van der Waals surface area (Å²) in [5.41, 5.74) is 6.77. The number of hydrogen-bond acceptors (Lipinski definition) is 2. The van der Waals surface area contributed by atoms with E-state index < -0.39 is 0 Å². The molecule has 18 heavy (non-hydrogen) atoms. The molecule has 0 atom stereocenters. The molecule has 2 heteroatoms. The fourth-order valence-electron chi connectivity index (χ4n) is 2.13. The lowest BCUT2D eigenvalue weighted by Crippen LogP contribution is -1.98. The Balaban J connectivity index is 2.07. The third-order valence-corrected chi connectivity index (χ3v) is 3.17. The molecule has 2 rings (SSSR count). The van der Waals surface area contributed by atoms with Gasteiger partial charge in [-0.15, -0.1) is 0 Å². The molecule has 0 aliphatic rings. The molecular weight excluding hydrogens is 222 g/mol. The van der Waals surface area contributed by atoms with E-state index in [9.17, 15) is 0 Å². The lowest BCUT2D eigenvalue weighted by molar-refractivity contribution is 0.308. The second-order valence-electron chi connectivity index (χ2n) is 4.61. The highest BCUT2D eigenvalue weighted by molar-refractivity contribution is 5.96. The van der Waals surface area contributed by atoms with E-state index in [1.807, 2.05) is 30.3 Å². The summed E-state index contributed by atoms with van der Waals surface area (Å²) in [6, 6.07) is 12.0. The molecule has 0 fully saturated rings. The summed E-state index contributed by atoms with van der Waals surface area (Å²) in [7, 11) is 0. The lowest BCUT2D eigenvalue weighted by atomic mass is 10.1. The van der Waals surface area contributed by atoms with Crippen LogP contribution in [0.3, 0.4) is 0 Å². The maximum Gasteiger partial charge on any atom is 0.127 e. The zero-order valence-electron chi connectivity index (χ0n) is 11.0. The minimum absolute atomic E-state index is 0.786. The van der Waals surface area contributed by atoms with E-state index in [1.54, 1.807) is 0 Å². The zero-order valence-corrected chi connectivity index (χ0v) is 11.0. The molecule has 0 saturated carbocycles. The molecule has 2 nitrogen and oxygen atoms in total. The van der Waals surface area contributed by atoms with Gasteiger partial charge in [-0.2, -0.15) is 0 Å². The second-order valence-corrected chi connectivity index (χ2v) is 4.61. The van der Waals surface area contributed by atoms with Crippen molar-refractivity contribution >= 4 is 16.5 Å². The highest BCUT2D eigenvalue weighted by Crippen LogP contribution is 2.29. The van der Waals surface area contributed by atoms with Crippen molar-refractivity contribution in [1.82, 2.24) is 0 Å². The molecule has 2 aromatic carbocycles. The Morgan fingerprint density at radius 2 is 1.72 bits per heavy atom. The summed E-state index contributed by atoms with van der Waals surface area (Å²) >= 11 is 0. The van der Waals surface area contributed by atoms with Gasteiger partial charge in [-0.25, -0.2) is 0 Å². The van der Waals surface area contributed by atoms with Crippen molar-refractivity contribution in [3.63, 3.8) is 0 Å². The number of anilines is 1. The Morgan fingerprint density at radius 1 is 0.944 bits per heavy atom. The number of ether oxygens (including phenoxy) is 1. The Kier molecular flexibility index (Phi) is 4.46. The summed E-state index contributed by atoms with van der Waals surface area (Å²) in [5.74, 6) is 0.941. The molecule has 0 saturated heterocycles. The van der Waals surface area contributed by atoms with Crippen LogP contribution in [0.5, 0.6) is 5.75 Å². The van der Waals surface area contributed by atoms with Gasteiger partial charge in [0.1, 0.15) is 5.75 Å². The van der Waals surface area contributed by atoms with Crippen molar-refractivity contribution in [3.05, 3.63) is 36.4 Å². The Labute approximate surface area is 109 Å². The molecule has 0 bridgehead atoms. The summed E-state index contributed by atoms with van der Waals surface area (Å²) in [4.78, 5) is 0. The fourth-order valence-corrected chi connectivity index (χ4v) is 2.13. The van der Waals surface area contributed by atoms with E-state index in [-0.39, 0.29) is 0 Å². The van der Waals surface area contributed by atoms with Gasteiger partial charge >= 0.3 is 0 Å². The number of nitrogen functional groups attached to an aromatic ring is 1. The van der Waals surface area contributed by atoms with E-state index in [0.717, 1.165) is 35.2 Å². The molecule has 0 unspecified atom stereocenters. The van der Waals surface area contributed by atoms with Crippen LogP contribution < -0.4 is 10.5 Å². The molecule has 2 aromatic rings. The van der Waals surface area contributed by atoms with Gasteiger partial charge in [0.2, 0.25) is 0 Å². The summed E-state index contributed by atoms with van der Waals surface area (Å²) in [5, 5.41) is 2.18.